The zero-order valence-corrected chi connectivity index (χ0v) is 19.9. The lowest BCUT2D eigenvalue weighted by Gasteiger charge is -2.28. The Balaban J connectivity index is 1.68. The number of nitrogens with zero attached hydrogens (tertiary/aromatic N) is 4. The molecule has 1 N–H and O–H groups in total. The second kappa shape index (κ2) is 11.2. The Morgan fingerprint density at radius 1 is 1.30 bits per heavy atom. The van der Waals surface area contributed by atoms with Gasteiger partial charge in [0.05, 0.1) is 12.0 Å². The van der Waals surface area contributed by atoms with E-state index in [0.29, 0.717) is 30.8 Å². The number of ether oxygens (including phenoxy) is 2. The lowest BCUT2D eigenvalue weighted by Crippen LogP contribution is -2.29. The molecular weight excluding hydrogens is 424 g/mol. The summed E-state index contributed by atoms with van der Waals surface area (Å²) in [7, 11) is 3.50. The molecule has 0 radical (unpaired) electrons. The van der Waals surface area contributed by atoms with Gasteiger partial charge in [0, 0.05) is 26.2 Å². The van der Waals surface area contributed by atoms with Crippen molar-refractivity contribution in [2.24, 2.45) is 13.0 Å². The molecule has 0 bridgehead atoms. The first-order chi connectivity index (χ1) is 15.8. The molecule has 3 rings (SSSR count). The number of carboxylic acid groups (broad SMARTS) is 1. The van der Waals surface area contributed by atoms with Crippen LogP contribution in [-0.2, 0) is 23.2 Å². The average Bonchev–Trinajstić information content (AvgIpc) is 3.17. The second-order valence-corrected chi connectivity index (χ2v) is 8.76. The van der Waals surface area contributed by atoms with Crippen molar-refractivity contribution in [2.75, 3.05) is 13.6 Å². The van der Waals surface area contributed by atoms with E-state index in [9.17, 15) is 14.7 Å². The van der Waals surface area contributed by atoms with Crippen molar-refractivity contribution >= 4 is 12.1 Å². The van der Waals surface area contributed by atoms with Crippen molar-refractivity contribution in [2.45, 2.75) is 65.1 Å². The molecule has 2 aromatic rings. The predicted octanol–water partition coefficient (Wildman–Crippen LogP) is 4.18. The van der Waals surface area contributed by atoms with E-state index in [4.69, 9.17) is 9.47 Å². The van der Waals surface area contributed by atoms with Crippen LogP contribution in [0.2, 0.25) is 0 Å². The van der Waals surface area contributed by atoms with Crippen molar-refractivity contribution < 1.29 is 24.2 Å². The Kier molecular flexibility index (Phi) is 8.30. The topological polar surface area (TPSA) is 107 Å². The summed E-state index contributed by atoms with van der Waals surface area (Å²) in [5, 5.41) is 17.7. The summed E-state index contributed by atoms with van der Waals surface area (Å²) in [6.45, 7) is 4.76. The maximum atomic E-state index is 12.3. The molecule has 9 heteroatoms. The van der Waals surface area contributed by atoms with Crippen LogP contribution in [0.3, 0.4) is 0 Å². The Morgan fingerprint density at radius 2 is 2.09 bits per heavy atom. The quantitative estimate of drug-likeness (QED) is 0.601. The molecule has 2 atom stereocenters. The summed E-state index contributed by atoms with van der Waals surface area (Å²) >= 11 is 0. The molecule has 1 aliphatic rings. The third-order valence-corrected chi connectivity index (χ3v) is 6.15. The number of amides is 1. The zero-order chi connectivity index (χ0) is 24.0. The molecule has 1 heterocycles. The number of hydrogen-bond donors (Lipinski definition) is 1. The van der Waals surface area contributed by atoms with Gasteiger partial charge in [-0.25, -0.2) is 9.48 Å². The fourth-order valence-corrected chi connectivity index (χ4v) is 4.07. The number of benzene rings is 1. The Labute approximate surface area is 194 Å². The van der Waals surface area contributed by atoms with Crippen LogP contribution >= 0.6 is 0 Å². The molecular formula is C24H34N4O5. The molecule has 1 aliphatic carbocycles. The van der Waals surface area contributed by atoms with Gasteiger partial charge in [-0.1, -0.05) is 18.6 Å². The van der Waals surface area contributed by atoms with E-state index in [0.717, 1.165) is 42.6 Å². The van der Waals surface area contributed by atoms with Gasteiger partial charge in [0.15, 0.2) is 0 Å². The summed E-state index contributed by atoms with van der Waals surface area (Å²) in [4.78, 5) is 25.2. The Bertz CT molecular complexity index is 974. The zero-order valence-electron chi connectivity index (χ0n) is 19.9. The van der Waals surface area contributed by atoms with Gasteiger partial charge in [-0.2, -0.15) is 0 Å². The first kappa shape index (κ1) is 24.5. The first-order valence-corrected chi connectivity index (χ1v) is 11.6. The minimum absolute atomic E-state index is 0.0735. The molecule has 0 unspecified atom stereocenters. The molecule has 1 aromatic carbocycles. The molecule has 0 saturated heterocycles. The van der Waals surface area contributed by atoms with E-state index >= 15 is 0 Å². The number of aryl methyl sites for hydroxylation is 2. The fourth-order valence-electron chi connectivity index (χ4n) is 4.07. The number of rotatable bonds is 9. The Morgan fingerprint density at radius 3 is 2.79 bits per heavy atom. The van der Waals surface area contributed by atoms with E-state index in [1.54, 1.807) is 23.7 Å². The predicted molar refractivity (Wildman–Crippen MR) is 123 cm³/mol. The molecule has 0 spiro atoms. The number of carbonyl (C=O) groups is 2. The minimum atomic E-state index is -0.747. The van der Waals surface area contributed by atoms with E-state index < -0.39 is 5.97 Å². The van der Waals surface area contributed by atoms with Gasteiger partial charge < -0.3 is 19.5 Å². The van der Waals surface area contributed by atoms with Crippen LogP contribution in [0.25, 0.3) is 11.3 Å². The number of hydrogen-bond acceptors (Lipinski definition) is 6. The highest BCUT2D eigenvalue weighted by molar-refractivity contribution is 5.70. The van der Waals surface area contributed by atoms with Gasteiger partial charge >= 0.3 is 12.1 Å². The van der Waals surface area contributed by atoms with E-state index in [2.05, 4.69) is 17.2 Å². The monoisotopic (exact) mass is 458 g/mol. The van der Waals surface area contributed by atoms with Crippen LogP contribution in [-0.4, -0.2) is 56.8 Å². The summed E-state index contributed by atoms with van der Waals surface area (Å²) in [5.41, 5.74) is 3.14. The third kappa shape index (κ3) is 6.24. The maximum Gasteiger partial charge on any atom is 0.409 e. The lowest BCUT2D eigenvalue weighted by molar-refractivity contribution is -0.143. The normalized spacial score (nSPS) is 18.1. The van der Waals surface area contributed by atoms with Crippen LogP contribution in [0.1, 0.15) is 56.7 Å². The standard InChI is InChI=1S/C24H34N4O5/c1-5-6-12-27(3)24(31)32-15-20-22(25-26-28(20)4)17-10-11-21(16(2)13-17)33-19-9-7-8-18(14-19)23(29)30/h10-11,13,18-19H,5-9,12,14-15H2,1-4H3,(H,29,30)/t18-,19-/m0/s1. The second-order valence-electron chi connectivity index (χ2n) is 8.76. The summed E-state index contributed by atoms with van der Waals surface area (Å²) in [6, 6.07) is 5.76. The summed E-state index contributed by atoms with van der Waals surface area (Å²) in [5.74, 6) is -0.346. The number of unbranched alkanes of at least 4 members (excludes halogenated alkanes) is 1. The molecule has 9 nitrogen and oxygen atoms in total. The van der Waals surface area contributed by atoms with Gasteiger partial charge in [-0.05, 0) is 62.8 Å². The number of carboxylic acids is 1. The summed E-state index contributed by atoms with van der Waals surface area (Å²) in [6.07, 6.45) is 4.42. The van der Waals surface area contributed by atoms with Gasteiger partial charge in [0.2, 0.25) is 0 Å². The largest absolute Gasteiger partial charge is 0.490 e. The minimum Gasteiger partial charge on any atom is -0.490 e. The van der Waals surface area contributed by atoms with Gasteiger partial charge in [-0.3, -0.25) is 4.79 Å². The molecule has 1 aromatic heterocycles. The van der Waals surface area contributed by atoms with E-state index in [1.165, 1.54) is 0 Å². The number of aliphatic carboxylic acids is 1. The van der Waals surface area contributed by atoms with Crippen LogP contribution in [0.5, 0.6) is 5.75 Å². The van der Waals surface area contributed by atoms with Crippen LogP contribution in [0.15, 0.2) is 18.2 Å². The van der Waals surface area contributed by atoms with Crippen LogP contribution in [0.4, 0.5) is 4.79 Å². The van der Waals surface area contributed by atoms with Gasteiger partial charge in [0.1, 0.15) is 23.7 Å². The fraction of sp³-hybridized carbons (Fsp3) is 0.583. The maximum absolute atomic E-state index is 12.3. The van der Waals surface area contributed by atoms with Crippen LogP contribution < -0.4 is 4.74 Å². The lowest BCUT2D eigenvalue weighted by atomic mass is 9.87. The first-order valence-electron chi connectivity index (χ1n) is 11.6. The molecule has 1 saturated carbocycles. The highest BCUT2D eigenvalue weighted by Crippen LogP contribution is 2.32. The molecule has 0 aliphatic heterocycles. The van der Waals surface area contributed by atoms with Gasteiger partial charge in [0.25, 0.3) is 0 Å². The smallest absolute Gasteiger partial charge is 0.409 e. The summed E-state index contributed by atoms with van der Waals surface area (Å²) < 4.78 is 13.2. The third-order valence-electron chi connectivity index (χ3n) is 6.15. The molecule has 180 valence electrons. The van der Waals surface area contributed by atoms with Crippen molar-refractivity contribution in [1.82, 2.24) is 19.9 Å². The van der Waals surface area contributed by atoms with Crippen molar-refractivity contribution in [3.63, 3.8) is 0 Å². The number of aromatic nitrogens is 3. The van der Waals surface area contributed by atoms with Crippen molar-refractivity contribution in [3.05, 3.63) is 29.5 Å². The van der Waals surface area contributed by atoms with E-state index in [1.807, 2.05) is 25.1 Å². The molecule has 1 fully saturated rings. The van der Waals surface area contributed by atoms with Gasteiger partial charge in [-0.15, -0.1) is 5.10 Å². The van der Waals surface area contributed by atoms with E-state index in [-0.39, 0.29) is 24.7 Å². The highest BCUT2D eigenvalue weighted by atomic mass is 16.6. The van der Waals surface area contributed by atoms with Crippen molar-refractivity contribution in [3.8, 4) is 17.0 Å². The molecule has 33 heavy (non-hydrogen) atoms. The average molecular weight is 459 g/mol. The molecule has 1 amide bonds. The Hall–Kier alpha value is -3.10. The highest BCUT2D eigenvalue weighted by Gasteiger charge is 2.28. The SMILES string of the molecule is CCCCN(C)C(=O)OCc1c(-c2ccc(O[C@H]3CCC[C@H](C(=O)O)C3)c(C)c2)nnn1C. The number of carbonyl (C=O) groups excluding carboxylic acids is 1. The van der Waals surface area contributed by atoms with Crippen molar-refractivity contribution in [1.29, 1.82) is 0 Å². The van der Waals surface area contributed by atoms with Crippen LogP contribution in [0, 0.1) is 12.8 Å².